The summed E-state index contributed by atoms with van der Waals surface area (Å²) in [6.45, 7) is 10.4. The van der Waals surface area contributed by atoms with E-state index in [9.17, 15) is 4.79 Å². The standard InChI is InChI=1S/C16H17NOS2/c1-5-6-17-15(18)14(20-16(17)19)9-13-8-11(3)10(2)7-12(13)4/h5,7-9H,1,6H2,2-4H3/b14-9-. The quantitative estimate of drug-likeness (QED) is 0.478. The molecule has 0 aromatic heterocycles. The van der Waals surface area contributed by atoms with Crippen molar-refractivity contribution < 1.29 is 4.79 Å². The molecule has 0 radical (unpaired) electrons. The SMILES string of the molecule is C=CCN1C(=O)/C(=C/c2cc(C)c(C)cc2C)SC1=S. The van der Waals surface area contributed by atoms with Gasteiger partial charge in [-0.2, -0.15) is 0 Å². The molecule has 0 aliphatic carbocycles. The zero-order valence-electron chi connectivity index (χ0n) is 11.9. The molecule has 104 valence electrons. The summed E-state index contributed by atoms with van der Waals surface area (Å²) in [5.41, 5.74) is 4.73. The monoisotopic (exact) mass is 303 g/mol. The predicted octanol–water partition coefficient (Wildman–Crippen LogP) is 4.00. The summed E-state index contributed by atoms with van der Waals surface area (Å²) in [5.74, 6) is -0.0301. The molecule has 0 N–H and O–H groups in total. The number of hydrogen-bond donors (Lipinski definition) is 0. The van der Waals surface area contributed by atoms with Crippen molar-refractivity contribution in [3.05, 3.63) is 51.9 Å². The molecule has 0 unspecified atom stereocenters. The molecule has 1 saturated heterocycles. The van der Waals surface area contributed by atoms with Crippen LogP contribution in [0.1, 0.15) is 22.3 Å². The van der Waals surface area contributed by atoms with E-state index in [1.165, 1.54) is 28.5 Å². The largest absolute Gasteiger partial charge is 0.289 e. The molecule has 4 heteroatoms. The Morgan fingerprint density at radius 1 is 1.25 bits per heavy atom. The van der Waals surface area contributed by atoms with E-state index in [2.05, 4.69) is 39.5 Å². The molecule has 1 fully saturated rings. The number of carbonyl (C=O) groups is 1. The van der Waals surface area contributed by atoms with Crippen molar-refractivity contribution in [3.8, 4) is 0 Å². The van der Waals surface area contributed by atoms with Crippen LogP contribution in [0.15, 0.2) is 29.7 Å². The number of nitrogens with zero attached hydrogens (tertiary/aromatic N) is 1. The van der Waals surface area contributed by atoms with Gasteiger partial charge in [0.25, 0.3) is 5.91 Å². The highest BCUT2D eigenvalue weighted by Gasteiger charge is 2.31. The van der Waals surface area contributed by atoms with Gasteiger partial charge in [-0.3, -0.25) is 9.69 Å². The van der Waals surface area contributed by atoms with Gasteiger partial charge in [-0.25, -0.2) is 0 Å². The zero-order chi connectivity index (χ0) is 14.9. The topological polar surface area (TPSA) is 20.3 Å². The van der Waals surface area contributed by atoms with E-state index in [1.807, 2.05) is 6.08 Å². The molecule has 2 rings (SSSR count). The molecule has 0 bridgehead atoms. The van der Waals surface area contributed by atoms with Crippen molar-refractivity contribution >= 4 is 40.3 Å². The maximum Gasteiger partial charge on any atom is 0.266 e. The lowest BCUT2D eigenvalue weighted by molar-refractivity contribution is -0.121. The smallest absolute Gasteiger partial charge is 0.266 e. The number of thioether (sulfide) groups is 1. The summed E-state index contributed by atoms with van der Waals surface area (Å²) < 4.78 is 0.600. The maximum atomic E-state index is 12.3. The summed E-state index contributed by atoms with van der Waals surface area (Å²) in [4.78, 5) is 14.5. The Morgan fingerprint density at radius 2 is 1.90 bits per heavy atom. The third-order valence-electron chi connectivity index (χ3n) is 3.35. The average molecular weight is 303 g/mol. The van der Waals surface area contributed by atoms with Crippen molar-refractivity contribution in [1.29, 1.82) is 0 Å². The molecule has 1 heterocycles. The van der Waals surface area contributed by atoms with Crippen molar-refractivity contribution in [3.63, 3.8) is 0 Å². The molecule has 20 heavy (non-hydrogen) atoms. The van der Waals surface area contributed by atoms with E-state index in [0.717, 1.165) is 5.56 Å². The lowest BCUT2D eigenvalue weighted by Crippen LogP contribution is -2.27. The molecule has 1 aromatic carbocycles. The first kappa shape index (κ1) is 15.0. The fourth-order valence-corrected chi connectivity index (χ4v) is 3.33. The third-order valence-corrected chi connectivity index (χ3v) is 4.73. The number of amides is 1. The average Bonchev–Trinajstić information content (AvgIpc) is 2.64. The second-order valence-corrected chi connectivity index (χ2v) is 6.55. The zero-order valence-corrected chi connectivity index (χ0v) is 13.5. The van der Waals surface area contributed by atoms with Crippen LogP contribution in [-0.2, 0) is 4.79 Å². The van der Waals surface area contributed by atoms with Crippen molar-refractivity contribution in [2.24, 2.45) is 0 Å². The summed E-state index contributed by atoms with van der Waals surface area (Å²) in [6, 6.07) is 4.26. The van der Waals surface area contributed by atoms with Gasteiger partial charge in [0.05, 0.1) is 4.91 Å². The number of rotatable bonds is 3. The Hall–Kier alpha value is -1.39. The van der Waals surface area contributed by atoms with Crippen molar-refractivity contribution in [1.82, 2.24) is 4.90 Å². The molecule has 0 saturated carbocycles. The van der Waals surface area contributed by atoms with E-state index in [4.69, 9.17) is 12.2 Å². The number of benzene rings is 1. The van der Waals surface area contributed by atoms with E-state index < -0.39 is 0 Å². The maximum absolute atomic E-state index is 12.3. The van der Waals surface area contributed by atoms with Crippen LogP contribution in [0.3, 0.4) is 0 Å². The van der Waals surface area contributed by atoms with Gasteiger partial charge in [0, 0.05) is 6.54 Å². The highest BCUT2D eigenvalue weighted by molar-refractivity contribution is 8.26. The van der Waals surface area contributed by atoms with Crippen LogP contribution in [0.2, 0.25) is 0 Å². The Balaban J connectivity index is 2.37. The molecular weight excluding hydrogens is 286 g/mol. The summed E-state index contributed by atoms with van der Waals surface area (Å²) >= 11 is 6.59. The van der Waals surface area contributed by atoms with Crippen LogP contribution in [0, 0.1) is 20.8 Å². The van der Waals surface area contributed by atoms with Gasteiger partial charge in [-0.1, -0.05) is 42.2 Å². The van der Waals surface area contributed by atoms with Crippen LogP contribution in [0.4, 0.5) is 0 Å². The first-order valence-corrected chi connectivity index (χ1v) is 7.60. The number of aryl methyl sites for hydroxylation is 3. The van der Waals surface area contributed by atoms with Gasteiger partial charge in [-0.15, -0.1) is 6.58 Å². The Bertz CT molecular complexity index is 632. The normalized spacial score (nSPS) is 17.1. The van der Waals surface area contributed by atoms with Crippen LogP contribution in [0.5, 0.6) is 0 Å². The number of hydrogen-bond acceptors (Lipinski definition) is 3. The van der Waals surface area contributed by atoms with Crippen LogP contribution in [0.25, 0.3) is 6.08 Å². The van der Waals surface area contributed by atoms with E-state index >= 15 is 0 Å². The highest BCUT2D eigenvalue weighted by atomic mass is 32.2. The van der Waals surface area contributed by atoms with Gasteiger partial charge >= 0.3 is 0 Å². The van der Waals surface area contributed by atoms with Crippen LogP contribution in [-0.4, -0.2) is 21.7 Å². The first-order valence-electron chi connectivity index (χ1n) is 6.38. The molecule has 0 spiro atoms. The van der Waals surface area contributed by atoms with Crippen LogP contribution < -0.4 is 0 Å². The van der Waals surface area contributed by atoms with E-state index in [-0.39, 0.29) is 5.91 Å². The van der Waals surface area contributed by atoms with Gasteiger partial charge < -0.3 is 0 Å². The van der Waals surface area contributed by atoms with E-state index in [0.29, 0.717) is 15.8 Å². The second-order valence-electron chi connectivity index (χ2n) is 4.87. The number of thiocarbonyl (C=S) groups is 1. The first-order chi connectivity index (χ1) is 9.43. The minimum atomic E-state index is -0.0301. The Morgan fingerprint density at radius 3 is 2.55 bits per heavy atom. The minimum absolute atomic E-state index is 0.0301. The highest BCUT2D eigenvalue weighted by Crippen LogP contribution is 2.33. The fourth-order valence-electron chi connectivity index (χ4n) is 2.07. The Kier molecular flexibility index (Phi) is 4.45. The second kappa shape index (κ2) is 5.94. The van der Waals surface area contributed by atoms with Crippen molar-refractivity contribution in [2.45, 2.75) is 20.8 Å². The summed E-state index contributed by atoms with van der Waals surface area (Å²) in [6.07, 6.45) is 3.62. The van der Waals surface area contributed by atoms with E-state index in [1.54, 1.807) is 11.0 Å². The van der Waals surface area contributed by atoms with Crippen LogP contribution >= 0.6 is 24.0 Å². The summed E-state index contributed by atoms with van der Waals surface area (Å²) in [7, 11) is 0. The van der Waals surface area contributed by atoms with Gasteiger partial charge in [0.2, 0.25) is 0 Å². The molecule has 1 amide bonds. The molecule has 1 aromatic rings. The molecule has 2 nitrogen and oxygen atoms in total. The fraction of sp³-hybridized carbons (Fsp3) is 0.250. The molecular formula is C16H17NOS2. The third kappa shape index (κ3) is 2.86. The predicted molar refractivity (Wildman–Crippen MR) is 90.7 cm³/mol. The Labute approximate surface area is 129 Å². The van der Waals surface area contributed by atoms with Gasteiger partial charge in [0.15, 0.2) is 0 Å². The lowest BCUT2D eigenvalue weighted by Gasteiger charge is -2.10. The minimum Gasteiger partial charge on any atom is -0.289 e. The summed E-state index contributed by atoms with van der Waals surface area (Å²) in [5, 5.41) is 0. The van der Waals surface area contributed by atoms with Gasteiger partial charge in [0.1, 0.15) is 4.32 Å². The molecule has 1 aliphatic rings. The number of carbonyl (C=O) groups excluding carboxylic acids is 1. The molecule has 1 aliphatic heterocycles. The van der Waals surface area contributed by atoms with Crippen molar-refractivity contribution in [2.75, 3.05) is 6.54 Å². The lowest BCUT2D eigenvalue weighted by atomic mass is 10.0. The molecule has 0 atom stereocenters. The van der Waals surface area contributed by atoms with Gasteiger partial charge in [-0.05, 0) is 49.1 Å².